The van der Waals surface area contributed by atoms with Crippen molar-refractivity contribution in [3.8, 4) is 5.75 Å². The Morgan fingerprint density at radius 1 is 1.33 bits per heavy atom. The van der Waals surface area contributed by atoms with Crippen LogP contribution in [0.2, 0.25) is 10.0 Å². The van der Waals surface area contributed by atoms with Gasteiger partial charge in [-0.3, -0.25) is 0 Å². The summed E-state index contributed by atoms with van der Waals surface area (Å²) >= 11 is 11.9. The number of hydrogen-bond acceptors (Lipinski definition) is 4. The zero-order chi connectivity index (χ0) is 15.6. The summed E-state index contributed by atoms with van der Waals surface area (Å²) in [6.45, 7) is 2.98. The van der Waals surface area contributed by atoms with Crippen molar-refractivity contribution >= 4 is 33.2 Å². The van der Waals surface area contributed by atoms with Gasteiger partial charge in [0.2, 0.25) is 10.0 Å². The molecule has 2 aromatic rings. The van der Waals surface area contributed by atoms with E-state index in [1.165, 1.54) is 12.1 Å². The molecule has 2 N–H and O–H groups in total. The SMILES string of the molecule is CCn1cncc1COc1cc(Cl)c(S(N)(=O)=O)cc1Cl. The van der Waals surface area contributed by atoms with Gasteiger partial charge < -0.3 is 9.30 Å². The maximum absolute atomic E-state index is 11.3. The molecule has 1 aromatic carbocycles. The monoisotopic (exact) mass is 349 g/mol. The van der Waals surface area contributed by atoms with Gasteiger partial charge in [0.25, 0.3) is 0 Å². The summed E-state index contributed by atoms with van der Waals surface area (Å²) in [6, 6.07) is 2.50. The summed E-state index contributed by atoms with van der Waals surface area (Å²) in [5, 5.41) is 5.12. The smallest absolute Gasteiger partial charge is 0.239 e. The maximum atomic E-state index is 11.3. The molecule has 0 bridgehead atoms. The number of benzene rings is 1. The zero-order valence-corrected chi connectivity index (χ0v) is 13.4. The van der Waals surface area contributed by atoms with Gasteiger partial charge in [-0.1, -0.05) is 23.2 Å². The first-order valence-corrected chi connectivity index (χ1v) is 8.26. The van der Waals surface area contributed by atoms with E-state index in [4.69, 9.17) is 33.1 Å². The van der Waals surface area contributed by atoms with E-state index in [1.54, 1.807) is 12.5 Å². The molecule has 9 heteroatoms. The first-order valence-electron chi connectivity index (χ1n) is 5.96. The van der Waals surface area contributed by atoms with Gasteiger partial charge in [-0.05, 0) is 13.0 Å². The van der Waals surface area contributed by atoms with E-state index in [1.807, 2.05) is 11.5 Å². The molecule has 0 spiro atoms. The Morgan fingerprint density at radius 3 is 2.67 bits per heavy atom. The molecule has 1 heterocycles. The van der Waals surface area contributed by atoms with E-state index in [9.17, 15) is 8.42 Å². The molecule has 0 amide bonds. The van der Waals surface area contributed by atoms with E-state index in [0.717, 1.165) is 12.2 Å². The topological polar surface area (TPSA) is 87.2 Å². The highest BCUT2D eigenvalue weighted by molar-refractivity contribution is 7.89. The molecule has 0 unspecified atom stereocenters. The quantitative estimate of drug-likeness (QED) is 0.897. The van der Waals surface area contributed by atoms with Crippen LogP contribution in [0, 0.1) is 0 Å². The van der Waals surface area contributed by atoms with Crippen LogP contribution in [0.15, 0.2) is 29.6 Å². The Bertz CT molecular complexity index is 759. The molecule has 0 saturated carbocycles. The Kier molecular flexibility index (Phi) is 4.77. The van der Waals surface area contributed by atoms with Crippen molar-refractivity contribution in [1.29, 1.82) is 0 Å². The van der Waals surface area contributed by atoms with Crippen LogP contribution in [0.3, 0.4) is 0 Å². The van der Waals surface area contributed by atoms with Gasteiger partial charge in [-0.15, -0.1) is 0 Å². The molecule has 0 aliphatic rings. The number of hydrogen-bond donors (Lipinski definition) is 1. The maximum Gasteiger partial charge on any atom is 0.239 e. The van der Waals surface area contributed by atoms with Crippen molar-refractivity contribution in [2.45, 2.75) is 25.0 Å². The summed E-state index contributed by atoms with van der Waals surface area (Å²) in [6.07, 6.45) is 3.37. The number of nitrogens with zero attached hydrogens (tertiary/aromatic N) is 2. The summed E-state index contributed by atoms with van der Waals surface area (Å²) in [5.41, 5.74) is 0.861. The molecular weight excluding hydrogens is 337 g/mol. The third-order valence-corrected chi connectivity index (χ3v) is 4.48. The number of aromatic nitrogens is 2. The van der Waals surface area contributed by atoms with E-state index in [-0.39, 0.29) is 27.3 Å². The summed E-state index contributed by atoms with van der Waals surface area (Å²) in [4.78, 5) is 3.78. The zero-order valence-electron chi connectivity index (χ0n) is 11.1. The third-order valence-electron chi connectivity index (χ3n) is 2.81. The molecule has 2 rings (SSSR count). The third kappa shape index (κ3) is 3.68. The fourth-order valence-electron chi connectivity index (χ4n) is 1.74. The van der Waals surface area contributed by atoms with Crippen LogP contribution in [0.4, 0.5) is 0 Å². The Labute approximate surface area is 132 Å². The van der Waals surface area contributed by atoms with Crippen molar-refractivity contribution in [3.63, 3.8) is 0 Å². The molecule has 1 aromatic heterocycles. The lowest BCUT2D eigenvalue weighted by molar-refractivity contribution is 0.295. The summed E-state index contributed by atoms with van der Waals surface area (Å²) in [5.74, 6) is 0.276. The molecule has 0 saturated heterocycles. The highest BCUT2D eigenvalue weighted by atomic mass is 35.5. The second kappa shape index (κ2) is 6.23. The van der Waals surface area contributed by atoms with Crippen LogP contribution in [0.25, 0.3) is 0 Å². The number of sulfonamides is 1. The number of nitrogens with two attached hydrogens (primary N) is 1. The number of imidazole rings is 1. The van der Waals surface area contributed by atoms with Crippen LogP contribution in [-0.4, -0.2) is 18.0 Å². The Balaban J connectivity index is 2.24. The fourth-order valence-corrected chi connectivity index (χ4v) is 3.12. The normalized spacial score (nSPS) is 11.6. The molecular formula is C12H13Cl2N3O3S. The lowest BCUT2D eigenvalue weighted by Crippen LogP contribution is -2.13. The molecule has 0 aliphatic heterocycles. The molecule has 0 aliphatic carbocycles. The first kappa shape index (κ1) is 16.1. The summed E-state index contributed by atoms with van der Waals surface area (Å²) < 4.78 is 30.1. The van der Waals surface area contributed by atoms with Gasteiger partial charge in [-0.25, -0.2) is 18.5 Å². The van der Waals surface area contributed by atoms with Gasteiger partial charge in [0.05, 0.1) is 28.3 Å². The standard InChI is InChI=1S/C12H13Cl2N3O3S/c1-2-17-7-16-5-8(17)6-20-11-3-10(14)12(4-9(11)13)21(15,18)19/h3-5,7H,2,6H2,1H3,(H2,15,18,19). The van der Waals surface area contributed by atoms with Crippen LogP contribution < -0.4 is 9.88 Å². The minimum Gasteiger partial charge on any atom is -0.486 e. The molecule has 114 valence electrons. The highest BCUT2D eigenvalue weighted by Gasteiger charge is 2.17. The lowest BCUT2D eigenvalue weighted by Gasteiger charge is -2.11. The molecule has 0 fully saturated rings. The van der Waals surface area contributed by atoms with Gasteiger partial charge in [0.15, 0.2) is 0 Å². The minimum absolute atomic E-state index is 0.0408. The predicted octanol–water partition coefficient (Wildman–Crippen LogP) is 2.44. The highest BCUT2D eigenvalue weighted by Crippen LogP contribution is 2.33. The number of halogens is 2. The van der Waals surface area contributed by atoms with Crippen molar-refractivity contribution < 1.29 is 13.2 Å². The Hall–Kier alpha value is -1.28. The van der Waals surface area contributed by atoms with Crippen LogP contribution in [-0.2, 0) is 23.2 Å². The molecule has 0 atom stereocenters. The second-order valence-electron chi connectivity index (χ2n) is 4.22. The van der Waals surface area contributed by atoms with Gasteiger partial charge >= 0.3 is 0 Å². The van der Waals surface area contributed by atoms with Gasteiger partial charge in [-0.2, -0.15) is 0 Å². The molecule has 6 nitrogen and oxygen atoms in total. The minimum atomic E-state index is -3.93. The molecule has 21 heavy (non-hydrogen) atoms. The van der Waals surface area contributed by atoms with Crippen molar-refractivity contribution in [2.75, 3.05) is 0 Å². The van der Waals surface area contributed by atoms with Gasteiger partial charge in [0.1, 0.15) is 17.3 Å². The largest absolute Gasteiger partial charge is 0.486 e. The first-order chi connectivity index (χ1) is 9.82. The predicted molar refractivity (Wildman–Crippen MR) is 80.1 cm³/mol. The second-order valence-corrected chi connectivity index (χ2v) is 6.56. The fraction of sp³-hybridized carbons (Fsp3) is 0.250. The van der Waals surface area contributed by atoms with Crippen molar-refractivity contribution in [3.05, 3.63) is 40.4 Å². The van der Waals surface area contributed by atoms with E-state index in [2.05, 4.69) is 4.98 Å². The van der Waals surface area contributed by atoms with E-state index < -0.39 is 10.0 Å². The van der Waals surface area contributed by atoms with Crippen LogP contribution in [0.1, 0.15) is 12.6 Å². The average molecular weight is 350 g/mol. The van der Waals surface area contributed by atoms with Crippen LogP contribution in [0.5, 0.6) is 5.75 Å². The number of ether oxygens (including phenoxy) is 1. The van der Waals surface area contributed by atoms with Crippen molar-refractivity contribution in [2.24, 2.45) is 5.14 Å². The van der Waals surface area contributed by atoms with E-state index >= 15 is 0 Å². The van der Waals surface area contributed by atoms with E-state index in [0.29, 0.717) is 0 Å². The van der Waals surface area contributed by atoms with Gasteiger partial charge in [0, 0.05) is 12.6 Å². The number of rotatable bonds is 5. The molecule has 0 radical (unpaired) electrons. The number of primary sulfonamides is 1. The average Bonchev–Trinajstić information content (AvgIpc) is 2.85. The Morgan fingerprint density at radius 2 is 2.05 bits per heavy atom. The van der Waals surface area contributed by atoms with Crippen molar-refractivity contribution in [1.82, 2.24) is 9.55 Å². The summed E-state index contributed by atoms with van der Waals surface area (Å²) in [7, 11) is -3.93. The van der Waals surface area contributed by atoms with Crippen LogP contribution >= 0.6 is 23.2 Å². The number of aryl methyl sites for hydroxylation is 1. The lowest BCUT2D eigenvalue weighted by atomic mass is 10.3.